The molecule has 3 N–H and O–H groups in total. The Morgan fingerprint density at radius 3 is 1.71 bits per heavy atom. The van der Waals surface area contributed by atoms with Gasteiger partial charge in [-0.25, -0.2) is 0 Å². The molecular formula is C28H35N3. The number of hydrogen-bond donors (Lipinski definition) is 2. The average molecular weight is 414 g/mol. The van der Waals surface area contributed by atoms with E-state index in [1.807, 2.05) is 36.4 Å². The van der Waals surface area contributed by atoms with E-state index in [1.165, 1.54) is 25.7 Å². The lowest BCUT2D eigenvalue weighted by molar-refractivity contribution is 0.212. The Labute approximate surface area is 188 Å². The third-order valence-corrected chi connectivity index (χ3v) is 5.76. The summed E-state index contributed by atoms with van der Waals surface area (Å²) in [6.45, 7) is 6.32. The Morgan fingerprint density at radius 2 is 1.23 bits per heavy atom. The molecule has 0 radical (unpaired) electrons. The molecule has 0 spiro atoms. The van der Waals surface area contributed by atoms with Gasteiger partial charge in [0.15, 0.2) is 0 Å². The molecule has 2 aromatic carbocycles. The number of rotatable bonds is 2. The molecule has 0 amide bonds. The molecule has 31 heavy (non-hydrogen) atoms. The Balaban J connectivity index is 0.000000179. The second-order valence-corrected chi connectivity index (χ2v) is 8.20. The van der Waals surface area contributed by atoms with Crippen LogP contribution < -0.4 is 11.1 Å². The van der Waals surface area contributed by atoms with Gasteiger partial charge in [0.2, 0.25) is 0 Å². The largest absolute Gasteiger partial charge is 0.329 e. The van der Waals surface area contributed by atoms with Crippen LogP contribution in [0.2, 0.25) is 0 Å². The third-order valence-electron chi connectivity index (χ3n) is 5.76. The quantitative estimate of drug-likeness (QED) is 0.737. The summed E-state index contributed by atoms with van der Waals surface area (Å²) in [6.07, 6.45) is 4.75. The first-order chi connectivity index (χ1) is 15.3. The predicted octanol–water partition coefficient (Wildman–Crippen LogP) is 3.75. The molecule has 0 aliphatic carbocycles. The zero-order chi connectivity index (χ0) is 21.6. The van der Waals surface area contributed by atoms with Gasteiger partial charge in [-0.05, 0) is 76.1 Å². The Hall–Kier alpha value is -2.56. The zero-order valence-corrected chi connectivity index (χ0v) is 18.5. The van der Waals surface area contributed by atoms with Gasteiger partial charge in [0.05, 0.1) is 0 Å². The lowest BCUT2D eigenvalue weighted by Gasteiger charge is -2.29. The molecule has 0 saturated carbocycles. The normalized spacial score (nSPS) is 17.3. The van der Waals surface area contributed by atoms with Gasteiger partial charge in [0, 0.05) is 36.1 Å². The SMILES string of the molecule is C(#CC1CCNCC1)c1ccccc1.NCCN1CCC(C#Cc2ccccc2)CC1. The fraction of sp³-hybridized carbons (Fsp3) is 0.429. The minimum absolute atomic E-state index is 0.559. The lowest BCUT2D eigenvalue weighted by atomic mass is 9.97. The third kappa shape index (κ3) is 8.99. The van der Waals surface area contributed by atoms with Crippen molar-refractivity contribution in [3.63, 3.8) is 0 Å². The summed E-state index contributed by atoms with van der Waals surface area (Å²) in [5.74, 6) is 14.4. The summed E-state index contributed by atoms with van der Waals surface area (Å²) in [7, 11) is 0. The van der Waals surface area contributed by atoms with Crippen LogP contribution in [0.1, 0.15) is 36.8 Å². The number of likely N-dealkylation sites (tertiary alicyclic amines) is 1. The highest BCUT2D eigenvalue weighted by molar-refractivity contribution is 5.35. The number of piperidine rings is 2. The summed E-state index contributed by atoms with van der Waals surface area (Å²) in [5.41, 5.74) is 7.81. The van der Waals surface area contributed by atoms with Crippen LogP contribution >= 0.6 is 0 Å². The Bertz CT molecular complexity index is 856. The van der Waals surface area contributed by atoms with Crippen molar-refractivity contribution in [2.24, 2.45) is 17.6 Å². The number of nitrogens with two attached hydrogens (primary N) is 1. The number of nitrogens with one attached hydrogen (secondary N) is 1. The maximum absolute atomic E-state index is 5.56. The number of benzene rings is 2. The van der Waals surface area contributed by atoms with E-state index in [4.69, 9.17) is 5.73 Å². The van der Waals surface area contributed by atoms with Crippen molar-refractivity contribution < 1.29 is 0 Å². The fourth-order valence-electron chi connectivity index (χ4n) is 3.86. The van der Waals surface area contributed by atoms with E-state index in [0.717, 1.165) is 50.4 Å². The van der Waals surface area contributed by atoms with Crippen LogP contribution in [0.5, 0.6) is 0 Å². The summed E-state index contributed by atoms with van der Waals surface area (Å²) in [6, 6.07) is 20.4. The minimum Gasteiger partial charge on any atom is -0.329 e. The van der Waals surface area contributed by atoms with Crippen molar-refractivity contribution in [2.45, 2.75) is 25.7 Å². The zero-order valence-electron chi connectivity index (χ0n) is 18.5. The lowest BCUT2D eigenvalue weighted by Crippen LogP contribution is -2.36. The molecule has 2 aromatic rings. The fourth-order valence-corrected chi connectivity index (χ4v) is 3.86. The molecule has 4 rings (SSSR count). The molecule has 2 aliphatic rings. The van der Waals surface area contributed by atoms with Crippen molar-refractivity contribution in [3.8, 4) is 23.7 Å². The molecule has 0 unspecified atom stereocenters. The van der Waals surface area contributed by atoms with Crippen LogP contribution in [-0.2, 0) is 0 Å². The highest BCUT2D eigenvalue weighted by atomic mass is 15.1. The van der Waals surface area contributed by atoms with Crippen LogP contribution in [0.3, 0.4) is 0 Å². The van der Waals surface area contributed by atoms with Gasteiger partial charge in [-0.1, -0.05) is 60.1 Å². The summed E-state index contributed by atoms with van der Waals surface area (Å²) in [4.78, 5) is 2.43. The van der Waals surface area contributed by atoms with Crippen LogP contribution in [0.25, 0.3) is 0 Å². The summed E-state index contributed by atoms with van der Waals surface area (Å²) < 4.78 is 0. The second kappa shape index (κ2) is 13.7. The molecule has 2 heterocycles. The van der Waals surface area contributed by atoms with Crippen LogP contribution in [0, 0.1) is 35.5 Å². The Morgan fingerprint density at radius 1 is 0.742 bits per heavy atom. The maximum Gasteiger partial charge on any atom is 0.0245 e. The van der Waals surface area contributed by atoms with Crippen molar-refractivity contribution in [1.29, 1.82) is 0 Å². The average Bonchev–Trinajstić information content (AvgIpc) is 2.85. The van der Waals surface area contributed by atoms with Crippen molar-refractivity contribution in [1.82, 2.24) is 10.2 Å². The molecule has 3 nitrogen and oxygen atoms in total. The van der Waals surface area contributed by atoms with Crippen LogP contribution in [0.15, 0.2) is 60.7 Å². The molecule has 3 heteroatoms. The molecule has 0 atom stereocenters. The highest BCUT2D eigenvalue weighted by Gasteiger charge is 2.16. The first kappa shape index (κ1) is 23.1. The van der Waals surface area contributed by atoms with E-state index in [-0.39, 0.29) is 0 Å². The van der Waals surface area contributed by atoms with Gasteiger partial charge in [-0.15, -0.1) is 0 Å². The van der Waals surface area contributed by atoms with Crippen molar-refractivity contribution >= 4 is 0 Å². The molecule has 2 aliphatic heterocycles. The molecular weight excluding hydrogens is 378 g/mol. The molecule has 162 valence electrons. The van der Waals surface area contributed by atoms with Crippen molar-refractivity contribution in [2.75, 3.05) is 39.3 Å². The van der Waals surface area contributed by atoms with Crippen molar-refractivity contribution in [3.05, 3.63) is 71.8 Å². The van der Waals surface area contributed by atoms with Gasteiger partial charge < -0.3 is 16.0 Å². The van der Waals surface area contributed by atoms with E-state index in [1.54, 1.807) is 0 Å². The van der Waals surface area contributed by atoms with E-state index < -0.39 is 0 Å². The molecule has 2 saturated heterocycles. The highest BCUT2D eigenvalue weighted by Crippen LogP contribution is 2.16. The minimum atomic E-state index is 0.559. The van der Waals surface area contributed by atoms with Gasteiger partial charge in [0.25, 0.3) is 0 Å². The maximum atomic E-state index is 5.56. The second-order valence-electron chi connectivity index (χ2n) is 8.20. The van der Waals surface area contributed by atoms with E-state index in [0.29, 0.717) is 11.8 Å². The predicted molar refractivity (Wildman–Crippen MR) is 130 cm³/mol. The first-order valence-electron chi connectivity index (χ1n) is 11.6. The standard InChI is InChI=1S/C15H20N2.C13H15N/c16-10-13-17-11-8-15(9-12-17)7-6-14-4-2-1-3-5-14;1-2-4-12(5-3-1)6-7-13-8-10-14-11-9-13/h1-5,15H,8-13,16H2;1-5,13-14H,8-11H2. The van der Waals surface area contributed by atoms with Gasteiger partial charge >= 0.3 is 0 Å². The Kier molecular flexibility index (Phi) is 10.2. The van der Waals surface area contributed by atoms with Gasteiger partial charge in [-0.3, -0.25) is 0 Å². The molecule has 2 fully saturated rings. The monoisotopic (exact) mass is 413 g/mol. The number of hydrogen-bond acceptors (Lipinski definition) is 3. The van der Waals surface area contributed by atoms with Gasteiger partial charge in [-0.2, -0.15) is 0 Å². The number of nitrogens with zero attached hydrogens (tertiary/aromatic N) is 1. The van der Waals surface area contributed by atoms with Crippen LogP contribution in [-0.4, -0.2) is 44.2 Å². The van der Waals surface area contributed by atoms with Gasteiger partial charge in [0.1, 0.15) is 0 Å². The van der Waals surface area contributed by atoms with E-state index in [2.05, 4.69) is 58.2 Å². The van der Waals surface area contributed by atoms with E-state index in [9.17, 15) is 0 Å². The molecule has 0 aromatic heterocycles. The smallest absolute Gasteiger partial charge is 0.0245 e. The van der Waals surface area contributed by atoms with Crippen LogP contribution in [0.4, 0.5) is 0 Å². The topological polar surface area (TPSA) is 41.3 Å². The van der Waals surface area contributed by atoms with E-state index >= 15 is 0 Å². The molecule has 0 bridgehead atoms. The first-order valence-corrected chi connectivity index (χ1v) is 11.6. The summed E-state index contributed by atoms with van der Waals surface area (Å²) in [5, 5.41) is 3.35. The summed E-state index contributed by atoms with van der Waals surface area (Å²) >= 11 is 0.